The van der Waals surface area contributed by atoms with Gasteiger partial charge in [-0.05, 0) is 47.2 Å². The maximum absolute atomic E-state index is 5.57. The van der Waals surface area contributed by atoms with Gasteiger partial charge in [0.15, 0.2) is 0 Å². The number of hydrogen-bond acceptors (Lipinski definition) is 4. The van der Waals surface area contributed by atoms with Crippen LogP contribution in [0.15, 0.2) is 4.42 Å². The number of nitrogens with one attached hydrogen (secondary N) is 1. The van der Waals surface area contributed by atoms with Gasteiger partial charge < -0.3 is 14.6 Å². The van der Waals surface area contributed by atoms with Crippen LogP contribution in [-0.2, 0) is 6.54 Å². The topological polar surface area (TPSA) is 41.3 Å². The zero-order valence-electron chi connectivity index (χ0n) is 11.3. The largest absolute Gasteiger partial charge is 0.444 e. The molecule has 0 bridgehead atoms. The quantitative estimate of drug-likeness (QED) is 0.871. The highest BCUT2D eigenvalue weighted by Gasteiger charge is 2.22. The maximum Gasteiger partial charge on any atom is 0.208 e. The molecule has 1 saturated heterocycles. The zero-order valence-corrected chi connectivity index (χ0v) is 11.3. The second kappa shape index (κ2) is 5.19. The molecular weight excluding hydrogens is 214 g/mol. The van der Waals surface area contributed by atoms with Crippen molar-refractivity contribution in [3.05, 3.63) is 17.3 Å². The van der Waals surface area contributed by atoms with Crippen molar-refractivity contribution < 1.29 is 4.42 Å². The highest BCUT2D eigenvalue weighted by molar-refractivity contribution is 5.05. The minimum atomic E-state index is 0.591. The van der Waals surface area contributed by atoms with Gasteiger partial charge in [-0.15, -0.1) is 0 Å². The van der Waals surface area contributed by atoms with Crippen molar-refractivity contribution in [3.8, 4) is 0 Å². The monoisotopic (exact) mass is 237 g/mol. The summed E-state index contributed by atoms with van der Waals surface area (Å²) in [6, 6.07) is 1.25. The number of oxazole rings is 1. The number of aromatic nitrogens is 1. The highest BCUT2D eigenvalue weighted by Crippen LogP contribution is 2.16. The van der Waals surface area contributed by atoms with Crippen LogP contribution in [-0.4, -0.2) is 35.6 Å². The van der Waals surface area contributed by atoms with E-state index in [4.69, 9.17) is 4.42 Å². The van der Waals surface area contributed by atoms with E-state index >= 15 is 0 Å². The molecule has 96 valence electrons. The first kappa shape index (κ1) is 12.6. The Hall–Kier alpha value is -0.870. The van der Waals surface area contributed by atoms with Gasteiger partial charge in [0.2, 0.25) is 5.89 Å². The number of piperidine rings is 1. The molecule has 0 spiro atoms. The average Bonchev–Trinajstić information content (AvgIpc) is 2.60. The fourth-order valence-electron chi connectivity index (χ4n) is 2.32. The Balaban J connectivity index is 1.82. The van der Waals surface area contributed by atoms with E-state index in [1.54, 1.807) is 0 Å². The average molecular weight is 237 g/mol. The van der Waals surface area contributed by atoms with Crippen molar-refractivity contribution in [3.63, 3.8) is 0 Å². The summed E-state index contributed by atoms with van der Waals surface area (Å²) in [4.78, 5) is 6.80. The van der Waals surface area contributed by atoms with E-state index in [1.165, 1.54) is 19.4 Å². The summed E-state index contributed by atoms with van der Waals surface area (Å²) in [7, 11) is 2.20. The summed E-state index contributed by atoms with van der Waals surface area (Å²) in [6.45, 7) is 8.15. The second-order valence-electron chi connectivity index (χ2n) is 5.18. The maximum atomic E-state index is 5.57. The minimum absolute atomic E-state index is 0.591. The van der Waals surface area contributed by atoms with Crippen molar-refractivity contribution in [2.45, 2.75) is 52.2 Å². The summed E-state index contributed by atoms with van der Waals surface area (Å²) in [6.07, 6.45) is 2.41. The number of nitrogens with zero attached hydrogens (tertiary/aromatic N) is 2. The number of hydrogen-bond donors (Lipinski definition) is 1. The van der Waals surface area contributed by atoms with Gasteiger partial charge in [0.05, 0.1) is 12.2 Å². The van der Waals surface area contributed by atoms with Crippen LogP contribution in [0.3, 0.4) is 0 Å². The Labute approximate surface area is 103 Å². The molecule has 1 aliphatic heterocycles. The molecule has 0 radical (unpaired) electrons. The fourth-order valence-corrected chi connectivity index (χ4v) is 2.32. The standard InChI is InChI=1S/C13H23N3O/c1-9-7-12(5-6-16(9)4)14-8-13-15-10(2)11(3)17-13/h9,12,14H,5-8H2,1-4H3. The Bertz CT molecular complexity index is 355. The van der Waals surface area contributed by atoms with Crippen molar-refractivity contribution in [2.24, 2.45) is 0 Å². The highest BCUT2D eigenvalue weighted by atomic mass is 16.4. The Morgan fingerprint density at radius 3 is 2.82 bits per heavy atom. The molecule has 2 heterocycles. The molecule has 2 unspecified atom stereocenters. The molecule has 1 N–H and O–H groups in total. The summed E-state index contributed by atoms with van der Waals surface area (Å²) >= 11 is 0. The van der Waals surface area contributed by atoms with Crippen LogP contribution in [0.4, 0.5) is 0 Å². The van der Waals surface area contributed by atoms with Gasteiger partial charge in [0, 0.05) is 12.1 Å². The summed E-state index contributed by atoms with van der Waals surface area (Å²) in [5, 5.41) is 3.55. The minimum Gasteiger partial charge on any atom is -0.444 e. The molecule has 0 saturated carbocycles. The van der Waals surface area contributed by atoms with Crippen LogP contribution in [0.1, 0.15) is 37.1 Å². The van der Waals surface area contributed by atoms with Gasteiger partial charge in [0.1, 0.15) is 5.76 Å². The molecule has 1 aliphatic rings. The predicted octanol–water partition coefficient (Wildman–Crippen LogP) is 1.86. The molecule has 1 fully saturated rings. The Morgan fingerprint density at radius 2 is 2.24 bits per heavy atom. The van der Waals surface area contributed by atoms with Crippen molar-refractivity contribution in [2.75, 3.05) is 13.6 Å². The lowest BCUT2D eigenvalue weighted by Gasteiger charge is -2.35. The number of rotatable bonds is 3. The van der Waals surface area contributed by atoms with Crippen molar-refractivity contribution >= 4 is 0 Å². The van der Waals surface area contributed by atoms with Gasteiger partial charge in [-0.1, -0.05) is 0 Å². The lowest BCUT2D eigenvalue weighted by Crippen LogP contribution is -2.45. The summed E-state index contributed by atoms with van der Waals surface area (Å²) < 4.78 is 5.57. The first-order valence-corrected chi connectivity index (χ1v) is 6.42. The molecule has 0 amide bonds. The molecule has 1 aromatic heterocycles. The van der Waals surface area contributed by atoms with E-state index in [9.17, 15) is 0 Å². The zero-order chi connectivity index (χ0) is 12.4. The van der Waals surface area contributed by atoms with Crippen molar-refractivity contribution in [1.82, 2.24) is 15.2 Å². The molecule has 0 aromatic carbocycles. The molecule has 2 atom stereocenters. The third-order valence-electron chi connectivity index (χ3n) is 3.82. The van der Waals surface area contributed by atoms with Gasteiger partial charge in [-0.25, -0.2) is 4.98 Å². The Morgan fingerprint density at radius 1 is 1.47 bits per heavy atom. The van der Waals surface area contributed by atoms with E-state index in [1.807, 2.05) is 13.8 Å². The summed E-state index contributed by atoms with van der Waals surface area (Å²) in [5.41, 5.74) is 0.999. The van der Waals surface area contributed by atoms with Gasteiger partial charge in [0.25, 0.3) is 0 Å². The molecule has 0 aliphatic carbocycles. The van der Waals surface area contributed by atoms with Gasteiger partial charge >= 0.3 is 0 Å². The molecule has 2 rings (SSSR count). The molecule has 4 nitrogen and oxygen atoms in total. The van der Waals surface area contributed by atoms with E-state index < -0.39 is 0 Å². The normalized spacial score (nSPS) is 26.4. The Kier molecular flexibility index (Phi) is 3.84. The molecule has 1 aromatic rings. The van der Waals surface area contributed by atoms with Gasteiger partial charge in [-0.2, -0.15) is 0 Å². The van der Waals surface area contributed by atoms with Gasteiger partial charge in [-0.3, -0.25) is 0 Å². The fraction of sp³-hybridized carbons (Fsp3) is 0.769. The van der Waals surface area contributed by atoms with Crippen LogP contribution >= 0.6 is 0 Å². The lowest BCUT2D eigenvalue weighted by atomic mass is 9.99. The number of aryl methyl sites for hydroxylation is 2. The molecule has 4 heteroatoms. The SMILES string of the molecule is Cc1nc(CNC2CCN(C)C(C)C2)oc1C. The first-order chi connectivity index (χ1) is 8.06. The van der Waals surface area contributed by atoms with Crippen molar-refractivity contribution in [1.29, 1.82) is 0 Å². The predicted molar refractivity (Wildman–Crippen MR) is 67.9 cm³/mol. The summed E-state index contributed by atoms with van der Waals surface area (Å²) in [5.74, 6) is 1.74. The van der Waals surface area contributed by atoms with E-state index in [-0.39, 0.29) is 0 Å². The van der Waals surface area contributed by atoms with E-state index in [0.717, 1.165) is 23.9 Å². The van der Waals surface area contributed by atoms with Crippen LogP contribution in [0.5, 0.6) is 0 Å². The molecular formula is C13H23N3O. The van der Waals surface area contributed by atoms with Crippen LogP contribution in [0.25, 0.3) is 0 Å². The van der Waals surface area contributed by atoms with E-state index in [0.29, 0.717) is 12.1 Å². The molecule has 17 heavy (non-hydrogen) atoms. The lowest BCUT2D eigenvalue weighted by molar-refractivity contribution is 0.166. The van der Waals surface area contributed by atoms with Crippen LogP contribution in [0, 0.1) is 13.8 Å². The second-order valence-corrected chi connectivity index (χ2v) is 5.18. The number of likely N-dealkylation sites (tertiary alicyclic amines) is 1. The third kappa shape index (κ3) is 3.07. The first-order valence-electron chi connectivity index (χ1n) is 6.42. The smallest absolute Gasteiger partial charge is 0.208 e. The van der Waals surface area contributed by atoms with E-state index in [2.05, 4.69) is 29.2 Å². The van der Waals surface area contributed by atoms with Crippen LogP contribution < -0.4 is 5.32 Å². The van der Waals surface area contributed by atoms with Crippen LogP contribution in [0.2, 0.25) is 0 Å². The third-order valence-corrected chi connectivity index (χ3v) is 3.82.